The number of phenolic OH excluding ortho intramolecular Hbond substituents is 1. The lowest BCUT2D eigenvalue weighted by molar-refractivity contribution is -0.384. The minimum atomic E-state index is -0.506. The minimum absolute atomic E-state index is 0.0323. The van der Waals surface area contributed by atoms with Crippen molar-refractivity contribution in [1.29, 1.82) is 0 Å². The van der Waals surface area contributed by atoms with E-state index in [-0.39, 0.29) is 23.1 Å². The lowest BCUT2D eigenvalue weighted by Crippen LogP contribution is -2.33. The summed E-state index contributed by atoms with van der Waals surface area (Å²) in [5, 5.41) is 24.4. The van der Waals surface area contributed by atoms with Crippen LogP contribution in [0.2, 0.25) is 0 Å². The second-order valence-electron chi connectivity index (χ2n) is 8.51. The van der Waals surface area contributed by atoms with Crippen LogP contribution in [0, 0.1) is 10.1 Å². The van der Waals surface area contributed by atoms with E-state index in [1.165, 1.54) is 37.4 Å². The van der Waals surface area contributed by atoms with E-state index in [1.54, 1.807) is 31.3 Å². The average Bonchev–Trinajstić information content (AvgIpc) is 2.94. The topological polar surface area (TPSA) is 123 Å². The van der Waals surface area contributed by atoms with E-state index in [4.69, 9.17) is 14.2 Å². The van der Waals surface area contributed by atoms with Gasteiger partial charge in [0.25, 0.3) is 11.6 Å². The van der Waals surface area contributed by atoms with Crippen LogP contribution in [-0.2, 0) is 6.42 Å². The Kier molecular flexibility index (Phi) is 10.3. The summed E-state index contributed by atoms with van der Waals surface area (Å²) in [5.74, 6) is 1.32. The first-order chi connectivity index (χ1) is 18.4. The Balaban J connectivity index is 1.58. The molecule has 0 aliphatic rings. The van der Waals surface area contributed by atoms with Crippen molar-refractivity contribution in [3.63, 3.8) is 0 Å². The number of amides is 1. The molecule has 0 saturated heterocycles. The van der Waals surface area contributed by atoms with E-state index in [9.17, 15) is 20.0 Å². The van der Waals surface area contributed by atoms with E-state index >= 15 is 0 Å². The molecule has 0 bridgehead atoms. The Bertz CT molecular complexity index is 1230. The normalized spacial score (nSPS) is 10.6. The van der Waals surface area contributed by atoms with Gasteiger partial charge in [0.15, 0.2) is 23.0 Å². The first kappa shape index (κ1) is 28.3. The number of hydrogen-bond donors (Lipinski definition) is 2. The second-order valence-corrected chi connectivity index (χ2v) is 8.51. The Labute approximate surface area is 221 Å². The molecule has 38 heavy (non-hydrogen) atoms. The molecule has 0 unspecified atom stereocenters. The number of ether oxygens (including phenoxy) is 3. The molecule has 0 spiro atoms. The SMILES string of the molecule is COc1cc(N(CCCNCCCc2ccc(OC)c(OC)c2)C(=O)c2ccc([N+](=O)[O-])cc2)ccc1O. The molecule has 0 aliphatic carbocycles. The molecular weight excluding hydrogens is 490 g/mol. The number of nitrogens with one attached hydrogen (secondary N) is 1. The number of carbonyl (C=O) groups excluding carboxylic acids is 1. The van der Waals surface area contributed by atoms with E-state index in [0.717, 1.165) is 24.9 Å². The molecule has 10 nitrogen and oxygen atoms in total. The number of non-ortho nitro benzene ring substituents is 1. The molecule has 10 heteroatoms. The van der Waals surface area contributed by atoms with E-state index < -0.39 is 4.92 Å². The number of aryl methyl sites for hydroxylation is 1. The molecule has 0 saturated carbocycles. The fraction of sp³-hybridized carbons (Fsp3) is 0.321. The predicted molar refractivity (Wildman–Crippen MR) is 145 cm³/mol. The summed E-state index contributed by atoms with van der Waals surface area (Å²) in [6, 6.07) is 16.1. The third-order valence-corrected chi connectivity index (χ3v) is 6.05. The number of carbonyl (C=O) groups is 1. The number of phenols is 1. The smallest absolute Gasteiger partial charge is 0.269 e. The average molecular weight is 524 g/mol. The molecule has 1 amide bonds. The molecule has 202 valence electrons. The molecule has 3 rings (SSSR count). The van der Waals surface area contributed by atoms with Gasteiger partial charge in [0, 0.05) is 36.0 Å². The van der Waals surface area contributed by atoms with Crippen LogP contribution in [0.1, 0.15) is 28.8 Å². The molecule has 3 aromatic rings. The Morgan fingerprint density at radius 2 is 1.58 bits per heavy atom. The van der Waals surface area contributed by atoms with Gasteiger partial charge < -0.3 is 29.5 Å². The number of nitro groups is 1. The number of rotatable bonds is 14. The lowest BCUT2D eigenvalue weighted by atomic mass is 10.1. The van der Waals surface area contributed by atoms with Crippen LogP contribution in [0.3, 0.4) is 0 Å². The fourth-order valence-corrected chi connectivity index (χ4v) is 4.00. The Morgan fingerprint density at radius 1 is 0.895 bits per heavy atom. The lowest BCUT2D eigenvalue weighted by Gasteiger charge is -2.24. The highest BCUT2D eigenvalue weighted by molar-refractivity contribution is 6.06. The zero-order valence-corrected chi connectivity index (χ0v) is 21.8. The monoisotopic (exact) mass is 523 g/mol. The van der Waals surface area contributed by atoms with Gasteiger partial charge in [-0.2, -0.15) is 0 Å². The van der Waals surface area contributed by atoms with Crippen LogP contribution in [0.5, 0.6) is 23.0 Å². The molecule has 0 atom stereocenters. The highest BCUT2D eigenvalue weighted by atomic mass is 16.6. The van der Waals surface area contributed by atoms with Crippen LogP contribution in [0.15, 0.2) is 60.7 Å². The quantitative estimate of drug-likeness (QED) is 0.179. The highest BCUT2D eigenvalue weighted by Gasteiger charge is 2.20. The first-order valence-corrected chi connectivity index (χ1v) is 12.2. The van der Waals surface area contributed by atoms with Crippen molar-refractivity contribution in [2.45, 2.75) is 19.3 Å². The van der Waals surface area contributed by atoms with Crippen LogP contribution in [0.4, 0.5) is 11.4 Å². The van der Waals surface area contributed by atoms with Gasteiger partial charge in [0.05, 0.1) is 26.3 Å². The number of aromatic hydroxyl groups is 1. The van der Waals surface area contributed by atoms with Gasteiger partial charge in [-0.15, -0.1) is 0 Å². The first-order valence-electron chi connectivity index (χ1n) is 12.2. The van der Waals surface area contributed by atoms with Crippen molar-refractivity contribution in [1.82, 2.24) is 5.32 Å². The molecule has 0 radical (unpaired) electrons. The van der Waals surface area contributed by atoms with Crippen molar-refractivity contribution in [3.8, 4) is 23.0 Å². The van der Waals surface area contributed by atoms with Gasteiger partial charge in [-0.05, 0) is 74.3 Å². The van der Waals surface area contributed by atoms with Crippen molar-refractivity contribution in [2.75, 3.05) is 45.9 Å². The van der Waals surface area contributed by atoms with E-state index in [0.29, 0.717) is 42.3 Å². The standard InChI is InChI=1S/C28H33N3O7/c1-36-25-14-7-20(18-27(25)38-3)6-4-15-29-16-5-17-30(23-12-13-24(32)26(19-23)37-2)28(33)21-8-10-22(11-9-21)31(34)35/h7-14,18-19,29,32H,4-6,15-17H2,1-3H3. The Morgan fingerprint density at radius 3 is 2.24 bits per heavy atom. The predicted octanol–water partition coefficient (Wildman–Crippen LogP) is 4.59. The summed E-state index contributed by atoms with van der Waals surface area (Å²) >= 11 is 0. The zero-order chi connectivity index (χ0) is 27.5. The summed E-state index contributed by atoms with van der Waals surface area (Å²) in [4.78, 5) is 25.4. The van der Waals surface area contributed by atoms with Crippen LogP contribution in [-0.4, -0.2) is 56.9 Å². The second kappa shape index (κ2) is 13.8. The van der Waals surface area contributed by atoms with Crippen molar-refractivity contribution < 1.29 is 29.0 Å². The molecular formula is C28H33N3O7. The minimum Gasteiger partial charge on any atom is -0.504 e. The van der Waals surface area contributed by atoms with E-state index in [1.807, 2.05) is 18.2 Å². The summed E-state index contributed by atoms with van der Waals surface area (Å²) in [5.41, 5.74) is 1.95. The van der Waals surface area contributed by atoms with E-state index in [2.05, 4.69) is 5.32 Å². The number of nitrogens with zero attached hydrogens (tertiary/aromatic N) is 2. The third-order valence-electron chi connectivity index (χ3n) is 6.05. The fourth-order valence-electron chi connectivity index (χ4n) is 4.00. The molecule has 2 N–H and O–H groups in total. The molecule has 0 fully saturated rings. The van der Waals surface area contributed by atoms with Crippen LogP contribution >= 0.6 is 0 Å². The van der Waals surface area contributed by atoms with Crippen LogP contribution in [0.25, 0.3) is 0 Å². The number of methoxy groups -OCH3 is 3. The highest BCUT2D eigenvalue weighted by Crippen LogP contribution is 2.31. The summed E-state index contributed by atoms with van der Waals surface area (Å²) in [6.45, 7) is 1.88. The van der Waals surface area contributed by atoms with Crippen molar-refractivity contribution in [3.05, 3.63) is 81.9 Å². The molecule has 0 heterocycles. The largest absolute Gasteiger partial charge is 0.504 e. The van der Waals surface area contributed by atoms with Gasteiger partial charge in [-0.1, -0.05) is 6.07 Å². The number of benzene rings is 3. The zero-order valence-electron chi connectivity index (χ0n) is 21.8. The number of anilines is 1. The Hall–Kier alpha value is -4.31. The molecule has 0 aliphatic heterocycles. The van der Waals surface area contributed by atoms with Crippen molar-refractivity contribution in [2.24, 2.45) is 0 Å². The maximum atomic E-state index is 13.3. The van der Waals surface area contributed by atoms with Gasteiger partial charge >= 0.3 is 0 Å². The van der Waals surface area contributed by atoms with Crippen LogP contribution < -0.4 is 24.4 Å². The summed E-state index contributed by atoms with van der Waals surface area (Å²) in [7, 11) is 4.67. The maximum absolute atomic E-state index is 13.3. The number of nitro benzene ring substituents is 1. The summed E-state index contributed by atoms with van der Waals surface area (Å²) < 4.78 is 15.8. The van der Waals surface area contributed by atoms with Crippen molar-refractivity contribution >= 4 is 17.3 Å². The van der Waals surface area contributed by atoms with Gasteiger partial charge in [0.1, 0.15) is 0 Å². The maximum Gasteiger partial charge on any atom is 0.269 e. The summed E-state index contributed by atoms with van der Waals surface area (Å²) in [6.07, 6.45) is 2.47. The van der Waals surface area contributed by atoms with Gasteiger partial charge in [0.2, 0.25) is 0 Å². The molecule has 0 aromatic heterocycles. The van der Waals surface area contributed by atoms with Gasteiger partial charge in [-0.25, -0.2) is 0 Å². The molecule has 3 aromatic carbocycles. The number of hydrogen-bond acceptors (Lipinski definition) is 8. The third kappa shape index (κ3) is 7.36. The van der Waals surface area contributed by atoms with Gasteiger partial charge in [-0.3, -0.25) is 14.9 Å².